The summed E-state index contributed by atoms with van der Waals surface area (Å²) in [7, 11) is 1.94. The van der Waals surface area contributed by atoms with Gasteiger partial charge in [-0.05, 0) is 40.0 Å². The lowest BCUT2D eigenvalue weighted by Gasteiger charge is -2.25. The standard InChI is InChI=1S/C16H25ClN4O2/c1-11-8-18-14(19-13(11)17)20(5)9-12-6-7-21(10-12)15(22)23-16(2,3)4/h8,12H,6-7,9-10H2,1-5H3/t12-/m0/s1. The summed E-state index contributed by atoms with van der Waals surface area (Å²) in [5.41, 5.74) is 0.402. The van der Waals surface area contributed by atoms with Crippen molar-refractivity contribution in [2.45, 2.75) is 39.7 Å². The SMILES string of the molecule is Cc1cnc(N(C)C[C@@H]2CCN(C(=O)OC(C)(C)C)C2)nc1Cl. The number of aromatic nitrogens is 2. The number of rotatable bonds is 3. The summed E-state index contributed by atoms with van der Waals surface area (Å²) in [6, 6.07) is 0. The van der Waals surface area contributed by atoms with Crippen LogP contribution in [0.1, 0.15) is 32.8 Å². The van der Waals surface area contributed by atoms with E-state index < -0.39 is 5.60 Å². The van der Waals surface area contributed by atoms with E-state index in [9.17, 15) is 4.79 Å². The third kappa shape index (κ3) is 4.96. The fourth-order valence-electron chi connectivity index (χ4n) is 2.54. The average molecular weight is 341 g/mol. The first kappa shape index (κ1) is 17.8. The van der Waals surface area contributed by atoms with Crippen LogP contribution in [0.25, 0.3) is 0 Å². The van der Waals surface area contributed by atoms with Crippen LogP contribution in [0.4, 0.5) is 10.7 Å². The molecule has 1 fully saturated rings. The number of anilines is 1. The fourth-order valence-corrected chi connectivity index (χ4v) is 2.66. The van der Waals surface area contributed by atoms with Gasteiger partial charge in [-0.15, -0.1) is 0 Å². The number of aryl methyl sites for hydroxylation is 1. The molecule has 2 heterocycles. The zero-order chi connectivity index (χ0) is 17.2. The third-order valence-corrected chi connectivity index (χ3v) is 4.09. The second-order valence-corrected chi connectivity index (χ2v) is 7.46. The van der Waals surface area contributed by atoms with Gasteiger partial charge in [-0.25, -0.2) is 14.8 Å². The minimum atomic E-state index is -0.460. The molecule has 1 aliphatic rings. The van der Waals surface area contributed by atoms with Crippen LogP contribution in [0.15, 0.2) is 6.20 Å². The number of hydrogen-bond acceptors (Lipinski definition) is 5. The van der Waals surface area contributed by atoms with E-state index in [4.69, 9.17) is 16.3 Å². The molecule has 0 bridgehead atoms. The molecule has 0 N–H and O–H groups in total. The molecule has 0 radical (unpaired) electrons. The van der Waals surface area contributed by atoms with E-state index in [0.717, 1.165) is 25.1 Å². The molecule has 0 spiro atoms. The maximum atomic E-state index is 12.1. The molecule has 1 saturated heterocycles. The first-order chi connectivity index (χ1) is 10.7. The van der Waals surface area contributed by atoms with Crippen LogP contribution in [0.3, 0.4) is 0 Å². The molecule has 6 nitrogen and oxygen atoms in total. The topological polar surface area (TPSA) is 58.6 Å². The monoisotopic (exact) mass is 340 g/mol. The van der Waals surface area contributed by atoms with Crippen molar-refractivity contribution < 1.29 is 9.53 Å². The summed E-state index contributed by atoms with van der Waals surface area (Å²) in [6.07, 6.45) is 2.43. The number of halogens is 1. The minimum absolute atomic E-state index is 0.239. The first-order valence-electron chi connectivity index (χ1n) is 7.84. The number of ether oxygens (including phenoxy) is 1. The Morgan fingerprint density at radius 2 is 2.22 bits per heavy atom. The number of amides is 1. The Morgan fingerprint density at radius 3 is 2.83 bits per heavy atom. The maximum absolute atomic E-state index is 12.1. The molecule has 23 heavy (non-hydrogen) atoms. The number of carbonyl (C=O) groups excluding carboxylic acids is 1. The van der Waals surface area contributed by atoms with Crippen molar-refractivity contribution in [2.24, 2.45) is 5.92 Å². The Bertz CT molecular complexity index is 574. The van der Waals surface area contributed by atoms with Gasteiger partial charge in [0.05, 0.1) is 0 Å². The van der Waals surface area contributed by atoms with Crippen LogP contribution in [0, 0.1) is 12.8 Å². The number of hydrogen-bond donors (Lipinski definition) is 0. The van der Waals surface area contributed by atoms with Crippen LogP contribution < -0.4 is 4.90 Å². The summed E-state index contributed by atoms with van der Waals surface area (Å²) in [5, 5.41) is 0.476. The molecule has 7 heteroatoms. The summed E-state index contributed by atoms with van der Waals surface area (Å²) in [6.45, 7) is 9.71. The number of carbonyl (C=O) groups is 1. The van der Waals surface area contributed by atoms with E-state index in [-0.39, 0.29) is 6.09 Å². The molecule has 1 atom stereocenters. The molecule has 1 aliphatic heterocycles. The highest BCUT2D eigenvalue weighted by atomic mass is 35.5. The lowest BCUT2D eigenvalue weighted by molar-refractivity contribution is 0.0288. The zero-order valence-electron chi connectivity index (χ0n) is 14.5. The molecule has 0 aliphatic carbocycles. The molecule has 0 unspecified atom stereocenters. The van der Waals surface area contributed by atoms with E-state index in [1.54, 1.807) is 11.1 Å². The van der Waals surface area contributed by atoms with E-state index in [2.05, 4.69) is 9.97 Å². The van der Waals surface area contributed by atoms with Crippen molar-refractivity contribution in [3.63, 3.8) is 0 Å². The van der Waals surface area contributed by atoms with E-state index >= 15 is 0 Å². The van der Waals surface area contributed by atoms with Crippen molar-refractivity contribution >= 4 is 23.6 Å². The van der Waals surface area contributed by atoms with Crippen molar-refractivity contribution in [1.82, 2.24) is 14.9 Å². The minimum Gasteiger partial charge on any atom is -0.444 e. The largest absolute Gasteiger partial charge is 0.444 e. The Hall–Kier alpha value is -1.56. The lowest BCUT2D eigenvalue weighted by Crippen LogP contribution is -2.36. The van der Waals surface area contributed by atoms with Crippen molar-refractivity contribution in [1.29, 1.82) is 0 Å². The fraction of sp³-hybridized carbons (Fsp3) is 0.688. The third-order valence-electron chi connectivity index (χ3n) is 3.71. The molecule has 1 amide bonds. The van der Waals surface area contributed by atoms with E-state index in [1.807, 2.05) is 39.6 Å². The normalized spacial score (nSPS) is 18.2. The van der Waals surface area contributed by atoms with Gasteiger partial charge in [-0.1, -0.05) is 11.6 Å². The Labute approximate surface area is 142 Å². The highest BCUT2D eigenvalue weighted by molar-refractivity contribution is 6.30. The Kier molecular flexibility index (Phi) is 5.34. The van der Waals surface area contributed by atoms with Gasteiger partial charge in [0, 0.05) is 38.4 Å². The van der Waals surface area contributed by atoms with Gasteiger partial charge in [0.25, 0.3) is 0 Å². The van der Waals surface area contributed by atoms with Gasteiger partial charge in [-0.2, -0.15) is 0 Å². The summed E-state index contributed by atoms with van der Waals surface area (Å²) in [5.74, 6) is 0.979. The summed E-state index contributed by atoms with van der Waals surface area (Å²) < 4.78 is 5.42. The van der Waals surface area contributed by atoms with Crippen LogP contribution in [-0.4, -0.2) is 53.2 Å². The van der Waals surface area contributed by atoms with Crippen molar-refractivity contribution in [2.75, 3.05) is 31.6 Å². The predicted octanol–water partition coefficient (Wildman–Crippen LogP) is 3.13. The lowest BCUT2D eigenvalue weighted by atomic mass is 10.1. The van der Waals surface area contributed by atoms with Crippen LogP contribution in [-0.2, 0) is 4.74 Å². The van der Waals surface area contributed by atoms with Gasteiger partial charge in [0.1, 0.15) is 10.8 Å². The van der Waals surface area contributed by atoms with Crippen molar-refractivity contribution in [3.05, 3.63) is 16.9 Å². The highest BCUT2D eigenvalue weighted by Gasteiger charge is 2.30. The van der Waals surface area contributed by atoms with Gasteiger partial charge in [-0.3, -0.25) is 0 Å². The van der Waals surface area contributed by atoms with Crippen LogP contribution in [0.2, 0.25) is 5.15 Å². The maximum Gasteiger partial charge on any atom is 0.410 e. The molecule has 128 valence electrons. The molecule has 0 saturated carbocycles. The van der Waals surface area contributed by atoms with Gasteiger partial charge < -0.3 is 14.5 Å². The van der Waals surface area contributed by atoms with Crippen molar-refractivity contribution in [3.8, 4) is 0 Å². The van der Waals surface area contributed by atoms with E-state index in [1.165, 1.54) is 0 Å². The summed E-state index contributed by atoms with van der Waals surface area (Å²) >= 11 is 6.05. The average Bonchev–Trinajstić information content (AvgIpc) is 2.88. The van der Waals surface area contributed by atoms with Gasteiger partial charge in [0.15, 0.2) is 0 Å². The second-order valence-electron chi connectivity index (χ2n) is 7.11. The highest BCUT2D eigenvalue weighted by Crippen LogP contribution is 2.22. The molecule has 2 rings (SSSR count). The molecular weight excluding hydrogens is 316 g/mol. The van der Waals surface area contributed by atoms with Gasteiger partial charge in [0.2, 0.25) is 5.95 Å². The Morgan fingerprint density at radius 1 is 1.52 bits per heavy atom. The van der Waals surface area contributed by atoms with E-state index in [0.29, 0.717) is 23.6 Å². The summed E-state index contributed by atoms with van der Waals surface area (Å²) in [4.78, 5) is 24.4. The number of likely N-dealkylation sites (tertiary alicyclic amines) is 1. The van der Waals surface area contributed by atoms with Gasteiger partial charge >= 0.3 is 6.09 Å². The second kappa shape index (κ2) is 6.91. The molecule has 1 aromatic heterocycles. The molecule has 0 aromatic carbocycles. The zero-order valence-corrected chi connectivity index (χ0v) is 15.2. The Balaban J connectivity index is 1.89. The molecule has 1 aromatic rings. The first-order valence-corrected chi connectivity index (χ1v) is 8.21. The molecular formula is C16H25ClN4O2. The predicted molar refractivity (Wildman–Crippen MR) is 91.0 cm³/mol. The van der Waals surface area contributed by atoms with Crippen LogP contribution in [0.5, 0.6) is 0 Å². The smallest absolute Gasteiger partial charge is 0.410 e. The number of nitrogens with zero attached hydrogens (tertiary/aromatic N) is 4. The van der Waals surface area contributed by atoms with Crippen LogP contribution >= 0.6 is 11.6 Å². The quantitative estimate of drug-likeness (QED) is 0.791.